The van der Waals surface area contributed by atoms with E-state index in [0.717, 1.165) is 17.1 Å². The van der Waals surface area contributed by atoms with Gasteiger partial charge in [0.25, 0.3) is 0 Å². The summed E-state index contributed by atoms with van der Waals surface area (Å²) in [5, 5.41) is 6.34. The number of benzene rings is 2. The minimum absolute atomic E-state index is 0.123. The Morgan fingerprint density at radius 2 is 2.04 bits per heavy atom. The van der Waals surface area contributed by atoms with Crippen LogP contribution >= 0.6 is 0 Å². The second-order valence-corrected chi connectivity index (χ2v) is 5.77. The van der Waals surface area contributed by atoms with Crippen LogP contribution in [-0.2, 0) is 6.54 Å². The lowest BCUT2D eigenvalue weighted by Gasteiger charge is -2.27. The molecule has 7 heteroatoms. The Balaban J connectivity index is 1.49. The summed E-state index contributed by atoms with van der Waals surface area (Å²) in [5.41, 5.74) is 0.789. The van der Waals surface area contributed by atoms with Gasteiger partial charge in [-0.2, -0.15) is 0 Å². The number of ether oxygens (including phenoxy) is 3. The van der Waals surface area contributed by atoms with Gasteiger partial charge in [0, 0.05) is 13.6 Å². The van der Waals surface area contributed by atoms with E-state index in [1.54, 1.807) is 19.2 Å². The van der Waals surface area contributed by atoms with Crippen molar-refractivity contribution in [1.29, 1.82) is 0 Å². The van der Waals surface area contributed by atoms with E-state index in [2.05, 4.69) is 15.6 Å². The number of rotatable bonds is 5. The summed E-state index contributed by atoms with van der Waals surface area (Å²) in [4.78, 5) is 4.17. The lowest BCUT2D eigenvalue weighted by Crippen LogP contribution is -2.45. The van der Waals surface area contributed by atoms with Gasteiger partial charge in [-0.1, -0.05) is 18.2 Å². The van der Waals surface area contributed by atoms with Crippen LogP contribution in [0.25, 0.3) is 0 Å². The number of hydrogen-bond donors (Lipinski definition) is 2. The molecular weight excluding hydrogens is 337 g/mol. The van der Waals surface area contributed by atoms with E-state index in [1.807, 2.05) is 24.3 Å². The zero-order valence-corrected chi connectivity index (χ0v) is 14.8. The van der Waals surface area contributed by atoms with Crippen molar-refractivity contribution < 1.29 is 18.6 Å². The molecule has 1 heterocycles. The van der Waals surface area contributed by atoms with Crippen LogP contribution in [0.2, 0.25) is 0 Å². The molecule has 0 fully saturated rings. The number of fused-ring (bicyclic) bond motifs is 1. The van der Waals surface area contributed by atoms with Crippen LogP contribution in [0.4, 0.5) is 4.39 Å². The van der Waals surface area contributed by atoms with Crippen molar-refractivity contribution in [1.82, 2.24) is 10.6 Å². The molecule has 0 spiro atoms. The van der Waals surface area contributed by atoms with Crippen molar-refractivity contribution in [3.8, 4) is 17.2 Å². The van der Waals surface area contributed by atoms with Crippen LogP contribution in [0.3, 0.4) is 0 Å². The van der Waals surface area contributed by atoms with Crippen molar-refractivity contribution in [2.75, 3.05) is 27.3 Å². The maximum atomic E-state index is 13.7. The summed E-state index contributed by atoms with van der Waals surface area (Å²) in [6.45, 7) is 1.43. The largest absolute Gasteiger partial charge is 0.494 e. The number of guanidine groups is 1. The molecule has 0 amide bonds. The lowest BCUT2D eigenvalue weighted by atomic mass is 10.2. The van der Waals surface area contributed by atoms with Crippen LogP contribution in [-0.4, -0.2) is 39.4 Å². The average molecular weight is 359 g/mol. The SMILES string of the molecule is CN=C(NCc1ccc(OC)c(F)c1)NCC1COc2ccccc2O1. The van der Waals surface area contributed by atoms with Gasteiger partial charge in [0.2, 0.25) is 0 Å². The summed E-state index contributed by atoms with van der Waals surface area (Å²) in [5.74, 6) is 1.94. The molecule has 1 aliphatic heterocycles. The highest BCUT2D eigenvalue weighted by Gasteiger charge is 2.20. The normalized spacial score (nSPS) is 16.1. The molecule has 1 unspecified atom stereocenters. The third-order valence-corrected chi connectivity index (χ3v) is 3.96. The molecule has 0 saturated heterocycles. The van der Waals surface area contributed by atoms with Crippen LogP contribution in [0, 0.1) is 5.82 Å². The fraction of sp³-hybridized carbons (Fsp3) is 0.316. The first-order chi connectivity index (χ1) is 12.7. The van der Waals surface area contributed by atoms with E-state index in [9.17, 15) is 4.39 Å². The molecule has 0 saturated carbocycles. The molecule has 3 rings (SSSR count). The van der Waals surface area contributed by atoms with Crippen LogP contribution in [0.1, 0.15) is 5.56 Å². The number of para-hydroxylation sites is 2. The Hall–Kier alpha value is -2.96. The van der Waals surface area contributed by atoms with Gasteiger partial charge in [0.1, 0.15) is 12.7 Å². The van der Waals surface area contributed by atoms with Crippen molar-refractivity contribution in [2.24, 2.45) is 4.99 Å². The van der Waals surface area contributed by atoms with Crippen LogP contribution in [0.15, 0.2) is 47.5 Å². The Bertz CT molecular complexity index is 782. The third kappa shape index (κ3) is 4.36. The van der Waals surface area contributed by atoms with Gasteiger partial charge >= 0.3 is 0 Å². The first-order valence-corrected chi connectivity index (χ1v) is 8.35. The number of methoxy groups -OCH3 is 1. The molecule has 0 radical (unpaired) electrons. The maximum absolute atomic E-state index is 13.7. The number of hydrogen-bond acceptors (Lipinski definition) is 4. The molecule has 1 atom stereocenters. The van der Waals surface area contributed by atoms with Crippen LogP contribution in [0.5, 0.6) is 17.2 Å². The van der Waals surface area contributed by atoms with Gasteiger partial charge in [-0.15, -0.1) is 0 Å². The molecule has 1 aliphatic rings. The topological polar surface area (TPSA) is 64.1 Å². The Morgan fingerprint density at radius 1 is 1.23 bits per heavy atom. The quantitative estimate of drug-likeness (QED) is 0.634. The first-order valence-electron chi connectivity index (χ1n) is 8.35. The number of aliphatic imine (C=N–C) groups is 1. The summed E-state index contributed by atoms with van der Waals surface area (Å²) >= 11 is 0. The molecule has 2 aromatic carbocycles. The van der Waals surface area contributed by atoms with Gasteiger partial charge in [-0.05, 0) is 29.8 Å². The molecule has 26 heavy (non-hydrogen) atoms. The zero-order chi connectivity index (χ0) is 18.4. The number of nitrogens with one attached hydrogen (secondary N) is 2. The average Bonchev–Trinajstić information content (AvgIpc) is 2.68. The Labute approximate surface area is 152 Å². The van der Waals surface area contributed by atoms with E-state index >= 15 is 0 Å². The molecule has 138 valence electrons. The second kappa shape index (κ2) is 8.42. The first kappa shape index (κ1) is 17.8. The molecule has 6 nitrogen and oxygen atoms in total. The zero-order valence-electron chi connectivity index (χ0n) is 14.8. The van der Waals surface area contributed by atoms with E-state index in [0.29, 0.717) is 25.7 Å². The molecule has 2 N–H and O–H groups in total. The highest BCUT2D eigenvalue weighted by molar-refractivity contribution is 5.79. The van der Waals surface area contributed by atoms with Crippen molar-refractivity contribution in [3.05, 3.63) is 53.8 Å². The molecule has 0 aliphatic carbocycles. The second-order valence-electron chi connectivity index (χ2n) is 5.77. The lowest BCUT2D eigenvalue weighted by molar-refractivity contribution is 0.0936. The minimum Gasteiger partial charge on any atom is -0.494 e. The predicted molar refractivity (Wildman–Crippen MR) is 97.5 cm³/mol. The Morgan fingerprint density at radius 3 is 2.77 bits per heavy atom. The van der Waals surface area contributed by atoms with Crippen molar-refractivity contribution >= 4 is 5.96 Å². The molecule has 0 aromatic heterocycles. The number of halogens is 1. The fourth-order valence-corrected chi connectivity index (χ4v) is 2.60. The van der Waals surface area contributed by atoms with Crippen molar-refractivity contribution in [2.45, 2.75) is 12.6 Å². The van der Waals surface area contributed by atoms with Crippen molar-refractivity contribution in [3.63, 3.8) is 0 Å². The minimum atomic E-state index is -0.388. The molecule has 2 aromatic rings. The third-order valence-electron chi connectivity index (χ3n) is 3.96. The van der Waals surface area contributed by atoms with E-state index < -0.39 is 0 Å². The molecule has 0 bridgehead atoms. The molecular formula is C19H22FN3O3. The van der Waals surface area contributed by atoms with E-state index in [4.69, 9.17) is 14.2 Å². The van der Waals surface area contributed by atoms with Crippen LogP contribution < -0.4 is 24.8 Å². The summed E-state index contributed by atoms with van der Waals surface area (Å²) in [7, 11) is 3.12. The standard InChI is InChI=1S/C19H22FN3O3/c1-21-19(22-10-13-7-8-16(24-2)15(20)9-13)23-11-14-12-25-17-5-3-4-6-18(17)26-14/h3-9,14H,10-12H2,1-2H3,(H2,21,22,23). The summed E-state index contributed by atoms with van der Waals surface area (Å²) < 4.78 is 30.2. The predicted octanol–water partition coefficient (Wildman–Crippen LogP) is 2.34. The Kier molecular flexibility index (Phi) is 5.78. The van der Waals surface area contributed by atoms with Gasteiger partial charge in [-0.3, -0.25) is 4.99 Å². The van der Waals surface area contributed by atoms with E-state index in [1.165, 1.54) is 13.2 Å². The summed E-state index contributed by atoms with van der Waals surface area (Å²) in [6.07, 6.45) is -0.123. The monoisotopic (exact) mass is 359 g/mol. The maximum Gasteiger partial charge on any atom is 0.191 e. The smallest absolute Gasteiger partial charge is 0.191 e. The van der Waals surface area contributed by atoms with Gasteiger partial charge < -0.3 is 24.8 Å². The summed E-state index contributed by atoms with van der Waals surface area (Å²) in [6, 6.07) is 12.4. The van der Waals surface area contributed by atoms with E-state index in [-0.39, 0.29) is 17.7 Å². The highest BCUT2D eigenvalue weighted by atomic mass is 19.1. The number of nitrogens with zero attached hydrogens (tertiary/aromatic N) is 1. The van der Waals surface area contributed by atoms with Gasteiger partial charge in [-0.25, -0.2) is 4.39 Å². The van der Waals surface area contributed by atoms with Gasteiger partial charge in [0.05, 0.1) is 13.7 Å². The highest BCUT2D eigenvalue weighted by Crippen LogP contribution is 2.30. The van der Waals surface area contributed by atoms with Gasteiger partial charge in [0.15, 0.2) is 29.0 Å². The fourth-order valence-electron chi connectivity index (χ4n) is 2.60.